The lowest BCUT2D eigenvalue weighted by atomic mass is 10.1. The molecule has 0 spiro atoms. The van der Waals surface area contributed by atoms with Gasteiger partial charge in [0.15, 0.2) is 6.61 Å². The van der Waals surface area contributed by atoms with Gasteiger partial charge in [-0.2, -0.15) is 5.26 Å². The maximum absolute atomic E-state index is 12.5. The molecule has 0 unspecified atom stereocenters. The van der Waals surface area contributed by atoms with Gasteiger partial charge in [-0.1, -0.05) is 35.9 Å². The fourth-order valence-corrected chi connectivity index (χ4v) is 3.33. The summed E-state index contributed by atoms with van der Waals surface area (Å²) < 4.78 is 10.2. The number of carbonyl (C=O) groups is 3. The average Bonchev–Trinajstić information content (AvgIpc) is 2.88. The van der Waals surface area contributed by atoms with Crippen LogP contribution in [0.5, 0.6) is 5.75 Å². The molecule has 3 aromatic rings. The van der Waals surface area contributed by atoms with Crippen molar-refractivity contribution >= 4 is 46.8 Å². The molecule has 0 aliphatic heterocycles. The van der Waals surface area contributed by atoms with Crippen molar-refractivity contribution in [3.8, 4) is 11.8 Å². The quantitative estimate of drug-likeness (QED) is 0.254. The van der Waals surface area contributed by atoms with Gasteiger partial charge in [-0.05, 0) is 66.6 Å². The van der Waals surface area contributed by atoms with Gasteiger partial charge < -0.3 is 20.1 Å². The van der Waals surface area contributed by atoms with Gasteiger partial charge in [0.2, 0.25) is 0 Å². The van der Waals surface area contributed by atoms with Crippen molar-refractivity contribution in [2.45, 2.75) is 6.92 Å². The summed E-state index contributed by atoms with van der Waals surface area (Å²) >= 11 is 6.28. The van der Waals surface area contributed by atoms with Crippen molar-refractivity contribution in [2.75, 3.05) is 24.4 Å². The largest absolute Gasteiger partial charge is 0.482 e. The minimum Gasteiger partial charge on any atom is -0.482 e. The third kappa shape index (κ3) is 6.95. The van der Waals surface area contributed by atoms with Crippen molar-refractivity contribution in [3.63, 3.8) is 0 Å². The van der Waals surface area contributed by atoms with Crippen molar-refractivity contribution in [3.05, 3.63) is 94.0 Å². The van der Waals surface area contributed by atoms with E-state index < -0.39 is 11.9 Å². The zero-order valence-corrected chi connectivity index (χ0v) is 20.3. The molecule has 0 saturated heterocycles. The van der Waals surface area contributed by atoms with Gasteiger partial charge in [-0.15, -0.1) is 0 Å². The number of rotatable bonds is 8. The predicted molar refractivity (Wildman–Crippen MR) is 137 cm³/mol. The highest BCUT2D eigenvalue weighted by molar-refractivity contribution is 6.32. The molecule has 0 aliphatic rings. The first-order valence-corrected chi connectivity index (χ1v) is 11.1. The minimum absolute atomic E-state index is 0.158. The van der Waals surface area contributed by atoms with E-state index in [-0.39, 0.29) is 28.9 Å². The summed E-state index contributed by atoms with van der Waals surface area (Å²) in [6.07, 6.45) is 1.37. The molecule has 182 valence electrons. The van der Waals surface area contributed by atoms with Crippen molar-refractivity contribution in [1.29, 1.82) is 5.26 Å². The van der Waals surface area contributed by atoms with E-state index in [0.29, 0.717) is 22.5 Å². The van der Waals surface area contributed by atoms with E-state index >= 15 is 0 Å². The first kappa shape index (κ1) is 26.0. The number of hydrogen-bond donors (Lipinski definition) is 2. The van der Waals surface area contributed by atoms with Crippen LogP contribution < -0.4 is 15.4 Å². The van der Waals surface area contributed by atoms with Crippen LogP contribution in [0.3, 0.4) is 0 Å². The molecular weight excluding hydrogens is 482 g/mol. The molecule has 3 aromatic carbocycles. The maximum Gasteiger partial charge on any atom is 0.337 e. The van der Waals surface area contributed by atoms with Crippen LogP contribution in [0.25, 0.3) is 6.08 Å². The monoisotopic (exact) mass is 503 g/mol. The van der Waals surface area contributed by atoms with Gasteiger partial charge in [0.05, 0.1) is 17.7 Å². The van der Waals surface area contributed by atoms with Crippen LogP contribution in [0.1, 0.15) is 21.5 Å². The summed E-state index contributed by atoms with van der Waals surface area (Å²) in [5, 5.41) is 15.0. The Bertz CT molecular complexity index is 1360. The van der Waals surface area contributed by atoms with E-state index in [2.05, 4.69) is 15.4 Å². The number of aryl methyl sites for hydroxylation is 1. The van der Waals surface area contributed by atoms with Gasteiger partial charge in [0, 0.05) is 11.4 Å². The average molecular weight is 504 g/mol. The first-order chi connectivity index (χ1) is 17.3. The van der Waals surface area contributed by atoms with Gasteiger partial charge >= 0.3 is 5.97 Å². The highest BCUT2D eigenvalue weighted by Crippen LogP contribution is 2.27. The number of esters is 1. The van der Waals surface area contributed by atoms with E-state index in [4.69, 9.17) is 16.3 Å². The Labute approximate surface area is 213 Å². The second-order valence-electron chi connectivity index (χ2n) is 7.53. The zero-order valence-electron chi connectivity index (χ0n) is 19.5. The summed E-state index contributed by atoms with van der Waals surface area (Å²) in [4.78, 5) is 36.2. The number of methoxy groups -OCH3 is 1. The molecule has 0 atom stereocenters. The van der Waals surface area contributed by atoms with Crippen LogP contribution in [0.4, 0.5) is 11.4 Å². The Balaban J connectivity index is 1.63. The fourth-order valence-electron chi connectivity index (χ4n) is 3.09. The lowest BCUT2D eigenvalue weighted by Gasteiger charge is -2.11. The van der Waals surface area contributed by atoms with E-state index in [9.17, 15) is 19.6 Å². The van der Waals surface area contributed by atoms with Gasteiger partial charge in [-0.3, -0.25) is 9.59 Å². The highest BCUT2D eigenvalue weighted by Gasteiger charge is 2.12. The third-order valence-electron chi connectivity index (χ3n) is 4.97. The molecule has 0 heterocycles. The molecule has 36 heavy (non-hydrogen) atoms. The number of carbonyl (C=O) groups excluding carboxylic acids is 3. The number of nitriles is 1. The lowest BCUT2D eigenvalue weighted by Crippen LogP contribution is -2.20. The molecule has 0 aromatic heterocycles. The molecule has 8 nitrogen and oxygen atoms in total. The number of ether oxygens (including phenoxy) is 2. The maximum atomic E-state index is 12.5. The van der Waals surface area contributed by atoms with Crippen molar-refractivity contribution in [1.82, 2.24) is 0 Å². The van der Waals surface area contributed by atoms with E-state index in [1.54, 1.807) is 18.2 Å². The van der Waals surface area contributed by atoms with Gasteiger partial charge in [0.1, 0.15) is 17.4 Å². The molecule has 0 aliphatic carbocycles. The number of hydrogen-bond acceptors (Lipinski definition) is 6. The Morgan fingerprint density at radius 3 is 2.39 bits per heavy atom. The van der Waals surface area contributed by atoms with Gasteiger partial charge in [-0.25, -0.2) is 4.79 Å². The highest BCUT2D eigenvalue weighted by atomic mass is 35.5. The number of para-hydroxylation sites is 1. The number of anilines is 2. The van der Waals surface area contributed by atoms with E-state index in [1.807, 2.05) is 31.2 Å². The molecule has 9 heteroatoms. The molecule has 3 rings (SSSR count). The smallest absolute Gasteiger partial charge is 0.337 e. The van der Waals surface area contributed by atoms with Crippen LogP contribution in [0.15, 0.2) is 72.3 Å². The summed E-state index contributed by atoms with van der Waals surface area (Å²) in [6, 6.07) is 20.0. The Kier molecular flexibility index (Phi) is 8.81. The van der Waals surface area contributed by atoms with Crippen molar-refractivity contribution < 1.29 is 23.9 Å². The Morgan fingerprint density at radius 1 is 1.03 bits per heavy atom. The molecule has 0 saturated carbocycles. The van der Waals surface area contributed by atoms with Gasteiger partial charge in [0.25, 0.3) is 11.8 Å². The summed E-state index contributed by atoms with van der Waals surface area (Å²) in [7, 11) is 1.27. The topological polar surface area (TPSA) is 118 Å². The number of amides is 2. The Hall–Kier alpha value is -4.61. The number of halogens is 1. The predicted octanol–water partition coefficient (Wildman–Crippen LogP) is 5.00. The fraction of sp³-hybridized carbons (Fsp3) is 0.111. The van der Waals surface area contributed by atoms with E-state index in [1.165, 1.54) is 43.5 Å². The van der Waals surface area contributed by atoms with Crippen LogP contribution in [-0.2, 0) is 14.3 Å². The second-order valence-corrected chi connectivity index (χ2v) is 7.94. The minimum atomic E-state index is -0.632. The zero-order chi connectivity index (χ0) is 26.1. The second kappa shape index (κ2) is 12.2. The lowest BCUT2D eigenvalue weighted by molar-refractivity contribution is -0.118. The molecule has 0 radical (unpaired) electrons. The molecule has 2 amide bonds. The van der Waals surface area contributed by atoms with Crippen LogP contribution >= 0.6 is 11.6 Å². The normalized spacial score (nSPS) is 10.7. The third-order valence-corrected chi connectivity index (χ3v) is 5.27. The SMILES string of the molecule is COC(=O)c1ccc(NC(=O)/C(C#N)=C\c2ccc(OCC(=O)Nc3ccccc3C)c(Cl)c2)cc1. The van der Waals surface area contributed by atoms with Crippen molar-refractivity contribution in [2.24, 2.45) is 0 Å². The van der Waals surface area contributed by atoms with E-state index in [0.717, 1.165) is 5.56 Å². The van der Waals surface area contributed by atoms with Crippen LogP contribution in [-0.4, -0.2) is 31.5 Å². The number of nitrogens with one attached hydrogen (secondary N) is 2. The first-order valence-electron chi connectivity index (χ1n) is 10.7. The molecule has 2 N–H and O–H groups in total. The van der Waals surface area contributed by atoms with Crippen LogP contribution in [0.2, 0.25) is 5.02 Å². The number of nitrogens with zero attached hydrogens (tertiary/aromatic N) is 1. The summed E-state index contributed by atoms with van der Waals surface area (Å²) in [5.41, 5.74) is 2.68. The van der Waals surface area contributed by atoms with Crippen LogP contribution in [0, 0.1) is 18.3 Å². The molecule has 0 bridgehead atoms. The Morgan fingerprint density at radius 2 is 1.75 bits per heavy atom. The molecule has 0 fully saturated rings. The molecular formula is C27H22ClN3O5. The standard InChI is InChI=1S/C27H22ClN3O5/c1-17-5-3-4-6-23(17)31-25(32)16-36-24-12-7-18(14-22(24)28)13-20(15-29)26(33)30-21-10-8-19(9-11-21)27(34)35-2/h3-14H,16H2,1-2H3,(H,30,33)(H,31,32)/b20-13-. The summed E-state index contributed by atoms with van der Waals surface area (Å²) in [5.74, 6) is -1.19. The number of benzene rings is 3. The summed E-state index contributed by atoms with van der Waals surface area (Å²) in [6.45, 7) is 1.64.